The summed E-state index contributed by atoms with van der Waals surface area (Å²) in [4.78, 5) is 39.1. The Morgan fingerprint density at radius 3 is 2.50 bits per heavy atom. The minimum Gasteiger partial charge on any atom is -0.490 e. The van der Waals surface area contributed by atoms with E-state index in [4.69, 9.17) is 21.1 Å². The van der Waals surface area contributed by atoms with Gasteiger partial charge in [-0.15, -0.1) is 0 Å². The molecule has 1 heterocycles. The highest BCUT2D eigenvalue weighted by Gasteiger charge is 2.36. The fraction of sp³-hybridized carbons (Fsp3) is 0.148. The fourth-order valence-corrected chi connectivity index (χ4v) is 5.09. The topological polar surface area (TPSA) is 72.9 Å². The Kier molecular flexibility index (Phi) is 8.51. The maximum absolute atomic E-state index is 12.9. The van der Waals surface area contributed by atoms with Crippen LogP contribution in [0.4, 0.5) is 4.79 Å². The number of ketones is 1. The van der Waals surface area contributed by atoms with Gasteiger partial charge >= 0.3 is 0 Å². The number of carbonyl (C=O) groups is 3. The lowest BCUT2D eigenvalue weighted by Gasteiger charge is -2.15. The Morgan fingerprint density at radius 2 is 1.78 bits per heavy atom. The van der Waals surface area contributed by atoms with E-state index in [9.17, 15) is 14.4 Å². The van der Waals surface area contributed by atoms with Gasteiger partial charge in [0.05, 0.1) is 22.5 Å². The predicted molar refractivity (Wildman–Crippen MR) is 145 cm³/mol. The molecular weight excluding hydrogens is 566 g/mol. The van der Waals surface area contributed by atoms with Crippen LogP contribution in [0.3, 0.4) is 0 Å². The summed E-state index contributed by atoms with van der Waals surface area (Å²) in [7, 11) is 0. The molecule has 4 rings (SSSR count). The van der Waals surface area contributed by atoms with Crippen LogP contribution in [-0.4, -0.2) is 35.0 Å². The largest absolute Gasteiger partial charge is 0.490 e. The molecule has 0 N–H and O–H groups in total. The fourth-order valence-electron chi connectivity index (χ4n) is 3.49. The van der Waals surface area contributed by atoms with Gasteiger partial charge in [-0.25, -0.2) is 0 Å². The number of hydrogen-bond acceptors (Lipinski definition) is 6. The van der Waals surface area contributed by atoms with Crippen molar-refractivity contribution in [1.29, 1.82) is 0 Å². The number of thioether (sulfide) groups is 1. The van der Waals surface area contributed by atoms with Gasteiger partial charge in [-0.1, -0.05) is 60.1 Å². The number of Topliss-reactive ketones (excluding diaryl/α,β-unsaturated/α-hetero) is 1. The molecule has 0 radical (unpaired) electrons. The van der Waals surface area contributed by atoms with E-state index in [-0.39, 0.29) is 23.8 Å². The van der Waals surface area contributed by atoms with Crippen LogP contribution in [0, 0.1) is 0 Å². The molecule has 3 aromatic rings. The van der Waals surface area contributed by atoms with Gasteiger partial charge in [0.15, 0.2) is 17.3 Å². The van der Waals surface area contributed by atoms with Crippen LogP contribution in [0.2, 0.25) is 5.02 Å². The monoisotopic (exact) mass is 585 g/mol. The predicted octanol–water partition coefficient (Wildman–Crippen LogP) is 7.00. The molecule has 0 unspecified atom stereocenters. The number of carbonyl (C=O) groups excluding carboxylic acids is 3. The van der Waals surface area contributed by atoms with E-state index in [1.165, 1.54) is 0 Å². The Balaban J connectivity index is 1.54. The van der Waals surface area contributed by atoms with Crippen LogP contribution < -0.4 is 9.47 Å². The lowest BCUT2D eigenvalue weighted by Crippen LogP contribution is -2.33. The third-order valence-corrected chi connectivity index (χ3v) is 7.10. The first-order valence-electron chi connectivity index (χ1n) is 11.0. The minimum atomic E-state index is -0.512. The maximum Gasteiger partial charge on any atom is 0.293 e. The maximum atomic E-state index is 12.9. The van der Waals surface area contributed by atoms with Crippen molar-refractivity contribution >= 4 is 62.3 Å². The molecule has 1 aliphatic rings. The summed E-state index contributed by atoms with van der Waals surface area (Å²) < 4.78 is 12.4. The van der Waals surface area contributed by atoms with E-state index in [0.29, 0.717) is 38.7 Å². The van der Waals surface area contributed by atoms with E-state index in [1.807, 2.05) is 25.1 Å². The smallest absolute Gasteiger partial charge is 0.293 e. The molecule has 0 aromatic heterocycles. The van der Waals surface area contributed by atoms with Crippen molar-refractivity contribution in [2.45, 2.75) is 13.5 Å². The van der Waals surface area contributed by atoms with E-state index in [2.05, 4.69) is 15.9 Å². The zero-order chi connectivity index (χ0) is 25.7. The van der Waals surface area contributed by atoms with Gasteiger partial charge in [-0.2, -0.15) is 0 Å². The van der Waals surface area contributed by atoms with Crippen LogP contribution in [0.1, 0.15) is 28.4 Å². The Hall–Kier alpha value is -3.07. The molecule has 0 atom stereocenters. The van der Waals surface area contributed by atoms with Crippen LogP contribution in [0.5, 0.6) is 11.5 Å². The Labute approximate surface area is 226 Å². The van der Waals surface area contributed by atoms with Gasteiger partial charge in [0, 0.05) is 16.1 Å². The van der Waals surface area contributed by atoms with Crippen molar-refractivity contribution in [1.82, 2.24) is 4.90 Å². The second-order valence-electron chi connectivity index (χ2n) is 7.70. The van der Waals surface area contributed by atoms with Crippen molar-refractivity contribution in [2.75, 3.05) is 13.2 Å². The first-order valence-corrected chi connectivity index (χ1v) is 13.0. The van der Waals surface area contributed by atoms with Crippen molar-refractivity contribution in [3.8, 4) is 11.5 Å². The second-order valence-corrected chi connectivity index (χ2v) is 9.95. The second kappa shape index (κ2) is 11.8. The number of imide groups is 1. The molecule has 36 heavy (non-hydrogen) atoms. The van der Waals surface area contributed by atoms with Gasteiger partial charge in [0.1, 0.15) is 6.61 Å². The first-order chi connectivity index (χ1) is 17.4. The zero-order valence-electron chi connectivity index (χ0n) is 19.2. The Bertz CT molecular complexity index is 1350. The molecule has 3 aromatic carbocycles. The molecule has 0 bridgehead atoms. The lowest BCUT2D eigenvalue weighted by molar-refractivity contribution is -0.122. The first kappa shape index (κ1) is 26.0. The molecule has 6 nitrogen and oxygen atoms in total. The van der Waals surface area contributed by atoms with Gasteiger partial charge in [0.2, 0.25) is 0 Å². The average Bonchev–Trinajstić information content (AvgIpc) is 3.12. The molecule has 1 aliphatic heterocycles. The quantitative estimate of drug-likeness (QED) is 0.199. The van der Waals surface area contributed by atoms with Crippen molar-refractivity contribution in [3.05, 3.63) is 97.8 Å². The van der Waals surface area contributed by atoms with Crippen molar-refractivity contribution in [3.63, 3.8) is 0 Å². The van der Waals surface area contributed by atoms with Gasteiger partial charge in [0.25, 0.3) is 11.1 Å². The summed E-state index contributed by atoms with van der Waals surface area (Å²) in [6.07, 6.45) is 1.60. The summed E-state index contributed by atoms with van der Waals surface area (Å²) in [6.45, 7) is 2.19. The molecule has 2 amide bonds. The molecule has 0 saturated carbocycles. The van der Waals surface area contributed by atoms with Gasteiger partial charge in [-0.05, 0) is 64.5 Å². The normalized spacial score (nSPS) is 14.4. The molecular formula is C27H21BrClNO5S. The van der Waals surface area contributed by atoms with Crippen LogP contribution in [0.15, 0.2) is 76.1 Å². The lowest BCUT2D eigenvalue weighted by atomic mass is 10.1. The molecule has 0 spiro atoms. The summed E-state index contributed by atoms with van der Waals surface area (Å²) in [5.74, 6) is 0.155. The number of hydrogen-bond donors (Lipinski definition) is 0. The highest BCUT2D eigenvalue weighted by Crippen LogP contribution is 2.40. The molecule has 9 heteroatoms. The highest BCUT2D eigenvalue weighted by atomic mass is 79.9. The number of ether oxygens (including phenoxy) is 2. The summed E-state index contributed by atoms with van der Waals surface area (Å²) in [6, 6.07) is 19.5. The van der Waals surface area contributed by atoms with Gasteiger partial charge in [-0.3, -0.25) is 19.3 Å². The van der Waals surface area contributed by atoms with Crippen molar-refractivity contribution < 1.29 is 23.9 Å². The average molecular weight is 587 g/mol. The zero-order valence-corrected chi connectivity index (χ0v) is 22.4. The van der Waals surface area contributed by atoms with Crippen LogP contribution in [0.25, 0.3) is 6.08 Å². The van der Waals surface area contributed by atoms with Crippen LogP contribution >= 0.6 is 39.3 Å². The SMILES string of the molecule is CCOc1cc(/C=C2/SC(=O)N(CC(=O)c3ccccc3)C2=O)cc(Br)c1OCc1ccccc1Cl. The molecule has 184 valence electrons. The number of amides is 2. The number of benzene rings is 3. The molecule has 0 aliphatic carbocycles. The molecule has 1 saturated heterocycles. The van der Waals surface area contributed by atoms with E-state index < -0.39 is 11.1 Å². The highest BCUT2D eigenvalue weighted by molar-refractivity contribution is 9.10. The molecule has 1 fully saturated rings. The summed E-state index contributed by atoms with van der Waals surface area (Å²) >= 11 is 10.6. The van der Waals surface area contributed by atoms with E-state index in [1.54, 1.807) is 54.6 Å². The van der Waals surface area contributed by atoms with Crippen LogP contribution in [-0.2, 0) is 11.4 Å². The standard InChI is InChI=1S/C27H21BrClNO5S/c1-2-34-23-13-17(12-20(28)25(23)35-16-19-10-6-7-11-21(19)29)14-24-26(32)30(27(33)36-24)15-22(31)18-8-4-3-5-9-18/h3-14H,2,15-16H2,1H3/b24-14+. The number of halogens is 2. The Morgan fingerprint density at radius 1 is 1.06 bits per heavy atom. The minimum absolute atomic E-state index is 0.222. The number of rotatable bonds is 9. The number of nitrogens with zero attached hydrogens (tertiary/aromatic N) is 1. The third kappa shape index (κ3) is 6.00. The summed E-state index contributed by atoms with van der Waals surface area (Å²) in [5.41, 5.74) is 1.91. The summed E-state index contributed by atoms with van der Waals surface area (Å²) in [5, 5.41) is 0.115. The third-order valence-electron chi connectivity index (χ3n) is 5.23. The van der Waals surface area contributed by atoms with Crippen molar-refractivity contribution in [2.24, 2.45) is 0 Å². The van der Waals surface area contributed by atoms with E-state index in [0.717, 1.165) is 22.2 Å². The van der Waals surface area contributed by atoms with E-state index >= 15 is 0 Å². The van der Waals surface area contributed by atoms with Gasteiger partial charge < -0.3 is 9.47 Å².